The molecular formula is C19H28N4O. The molecule has 1 saturated carbocycles. The van der Waals surface area contributed by atoms with Gasteiger partial charge < -0.3 is 10.4 Å². The van der Waals surface area contributed by atoms with Crippen molar-refractivity contribution in [3.63, 3.8) is 0 Å². The number of aryl methyl sites for hydroxylation is 1. The highest BCUT2D eigenvalue weighted by atomic mass is 16.3. The molecule has 1 fully saturated rings. The van der Waals surface area contributed by atoms with Crippen molar-refractivity contribution >= 4 is 16.9 Å². The fourth-order valence-corrected chi connectivity index (χ4v) is 3.45. The van der Waals surface area contributed by atoms with Gasteiger partial charge in [-0.05, 0) is 51.4 Å². The van der Waals surface area contributed by atoms with Crippen LogP contribution in [0.1, 0.15) is 70.1 Å². The summed E-state index contributed by atoms with van der Waals surface area (Å²) in [7, 11) is 0. The highest BCUT2D eigenvalue weighted by Crippen LogP contribution is 2.36. The van der Waals surface area contributed by atoms with E-state index in [1.54, 1.807) is 0 Å². The summed E-state index contributed by atoms with van der Waals surface area (Å²) in [4.78, 5) is 14.0. The summed E-state index contributed by atoms with van der Waals surface area (Å²) in [5.74, 6) is 1.13. The summed E-state index contributed by atoms with van der Waals surface area (Å²) in [6.07, 6.45) is 9.42. The van der Waals surface area contributed by atoms with Gasteiger partial charge >= 0.3 is 0 Å². The molecular weight excluding hydrogens is 300 g/mol. The number of nitrogens with zero attached hydrogens (tertiary/aromatic N) is 3. The first-order valence-corrected chi connectivity index (χ1v) is 9.21. The van der Waals surface area contributed by atoms with E-state index >= 15 is 0 Å². The highest BCUT2D eigenvalue weighted by Gasteiger charge is 2.24. The molecule has 1 atom stereocenters. The predicted octanol–water partition coefficient (Wildman–Crippen LogP) is 3.82. The van der Waals surface area contributed by atoms with Crippen LogP contribution in [0.5, 0.6) is 0 Å². The van der Waals surface area contributed by atoms with Crippen molar-refractivity contribution in [3.05, 3.63) is 23.7 Å². The lowest BCUT2D eigenvalue weighted by molar-refractivity contribution is 0.122. The van der Waals surface area contributed by atoms with Crippen molar-refractivity contribution in [1.82, 2.24) is 15.0 Å². The number of nitrogens with one attached hydrogen (secondary N) is 1. The highest BCUT2D eigenvalue weighted by molar-refractivity contribution is 5.84. The van der Waals surface area contributed by atoms with Gasteiger partial charge in [-0.1, -0.05) is 13.8 Å². The van der Waals surface area contributed by atoms with Crippen molar-refractivity contribution in [2.75, 3.05) is 5.32 Å². The summed E-state index contributed by atoms with van der Waals surface area (Å²) in [6, 6.07) is 0.350. The topological polar surface area (TPSA) is 70.9 Å². The second-order valence-electron chi connectivity index (χ2n) is 6.93. The average Bonchev–Trinajstić information content (AvgIpc) is 2.61. The van der Waals surface area contributed by atoms with Crippen LogP contribution in [-0.4, -0.2) is 32.2 Å². The molecule has 5 nitrogen and oxygen atoms in total. The van der Waals surface area contributed by atoms with Crippen LogP contribution in [0.3, 0.4) is 0 Å². The molecule has 0 unspecified atom stereocenters. The Hall–Kier alpha value is -1.75. The van der Waals surface area contributed by atoms with Gasteiger partial charge in [0, 0.05) is 29.4 Å². The maximum Gasteiger partial charge on any atom is 0.223 e. The number of hydrogen-bond acceptors (Lipinski definition) is 5. The number of pyridine rings is 1. The molecule has 3 rings (SSSR count). The van der Waals surface area contributed by atoms with Gasteiger partial charge in [0.1, 0.15) is 0 Å². The molecule has 1 aliphatic carbocycles. The third-order valence-electron chi connectivity index (χ3n) is 5.19. The summed E-state index contributed by atoms with van der Waals surface area (Å²) < 4.78 is 0. The first-order valence-electron chi connectivity index (χ1n) is 9.21. The number of rotatable bonds is 5. The molecule has 0 spiro atoms. The molecule has 2 aromatic heterocycles. The first-order chi connectivity index (χ1) is 11.6. The Bertz CT molecular complexity index is 695. The summed E-state index contributed by atoms with van der Waals surface area (Å²) in [6.45, 7) is 6.40. The zero-order valence-electron chi connectivity index (χ0n) is 14.9. The minimum Gasteiger partial charge on any atom is -0.393 e. The van der Waals surface area contributed by atoms with Gasteiger partial charge in [0.05, 0.1) is 17.3 Å². The maximum absolute atomic E-state index is 9.79. The summed E-state index contributed by atoms with van der Waals surface area (Å²) in [5, 5.41) is 14.2. The minimum absolute atomic E-state index is 0.146. The smallest absolute Gasteiger partial charge is 0.223 e. The fourth-order valence-electron chi connectivity index (χ4n) is 3.45. The van der Waals surface area contributed by atoms with Crippen LogP contribution in [0, 0.1) is 0 Å². The molecule has 2 N–H and O–H groups in total. The number of anilines is 1. The lowest BCUT2D eigenvalue weighted by atomic mass is 9.82. The molecule has 0 radical (unpaired) electrons. The van der Waals surface area contributed by atoms with Crippen LogP contribution in [0.15, 0.2) is 12.4 Å². The van der Waals surface area contributed by atoms with Gasteiger partial charge in [-0.3, -0.25) is 4.98 Å². The molecule has 2 aromatic rings. The normalized spacial score (nSPS) is 22.5. The molecule has 24 heavy (non-hydrogen) atoms. The third-order valence-corrected chi connectivity index (χ3v) is 5.19. The van der Waals surface area contributed by atoms with E-state index in [1.807, 2.05) is 12.4 Å². The number of aliphatic hydroxyl groups excluding tert-OH is 1. The van der Waals surface area contributed by atoms with E-state index in [2.05, 4.69) is 36.1 Å². The van der Waals surface area contributed by atoms with Crippen LogP contribution < -0.4 is 5.32 Å². The molecule has 5 heteroatoms. The number of hydrogen-bond donors (Lipinski definition) is 2. The van der Waals surface area contributed by atoms with E-state index in [0.717, 1.165) is 55.1 Å². The standard InChI is InChI=1S/C19H28N4O/c1-4-12(3)22-19-21-11-16-17(5-2)20-10-15(18(16)23-19)13-6-8-14(24)9-7-13/h10-14,24H,4-9H2,1-3H3,(H,21,22,23)/t12-,13-,14-/m0/s1. The van der Waals surface area contributed by atoms with Gasteiger partial charge in [-0.25, -0.2) is 9.97 Å². The van der Waals surface area contributed by atoms with E-state index in [-0.39, 0.29) is 6.10 Å². The Balaban J connectivity index is 2.02. The van der Waals surface area contributed by atoms with Gasteiger partial charge in [-0.2, -0.15) is 0 Å². The van der Waals surface area contributed by atoms with E-state index in [4.69, 9.17) is 4.98 Å². The van der Waals surface area contributed by atoms with Crippen LogP contribution in [0.4, 0.5) is 5.95 Å². The fraction of sp³-hybridized carbons (Fsp3) is 0.632. The largest absolute Gasteiger partial charge is 0.393 e. The monoisotopic (exact) mass is 328 g/mol. The summed E-state index contributed by atoms with van der Waals surface area (Å²) >= 11 is 0. The molecule has 2 heterocycles. The van der Waals surface area contributed by atoms with Crippen molar-refractivity contribution in [2.45, 2.75) is 77.4 Å². The van der Waals surface area contributed by atoms with E-state index in [1.165, 1.54) is 5.56 Å². The zero-order valence-corrected chi connectivity index (χ0v) is 14.9. The first kappa shape index (κ1) is 17.1. The second kappa shape index (κ2) is 7.43. The molecule has 0 bridgehead atoms. The van der Waals surface area contributed by atoms with Crippen molar-refractivity contribution < 1.29 is 5.11 Å². The van der Waals surface area contributed by atoms with Crippen molar-refractivity contribution in [3.8, 4) is 0 Å². The molecule has 0 saturated heterocycles. The number of fused-ring (bicyclic) bond motifs is 1. The summed E-state index contributed by atoms with van der Waals surface area (Å²) in [5.41, 5.74) is 3.30. The maximum atomic E-state index is 9.79. The van der Waals surface area contributed by atoms with Gasteiger partial charge in [0.15, 0.2) is 0 Å². The number of aromatic nitrogens is 3. The Kier molecular flexibility index (Phi) is 5.29. The quantitative estimate of drug-likeness (QED) is 0.873. The second-order valence-corrected chi connectivity index (χ2v) is 6.93. The molecule has 0 aliphatic heterocycles. The predicted molar refractivity (Wildman–Crippen MR) is 97.3 cm³/mol. The minimum atomic E-state index is -0.146. The third kappa shape index (κ3) is 3.51. The average molecular weight is 328 g/mol. The Labute approximate surface area is 143 Å². The van der Waals surface area contributed by atoms with Gasteiger partial charge in [0.25, 0.3) is 0 Å². The molecule has 0 amide bonds. The lowest BCUT2D eigenvalue weighted by Crippen LogP contribution is -2.18. The van der Waals surface area contributed by atoms with Crippen LogP contribution in [-0.2, 0) is 6.42 Å². The van der Waals surface area contributed by atoms with E-state index < -0.39 is 0 Å². The van der Waals surface area contributed by atoms with Gasteiger partial charge in [0.2, 0.25) is 5.95 Å². The molecule has 130 valence electrons. The van der Waals surface area contributed by atoms with E-state index in [9.17, 15) is 5.11 Å². The van der Waals surface area contributed by atoms with Crippen molar-refractivity contribution in [2.24, 2.45) is 0 Å². The van der Waals surface area contributed by atoms with Crippen LogP contribution >= 0.6 is 0 Å². The Morgan fingerprint density at radius 2 is 1.92 bits per heavy atom. The molecule has 1 aliphatic rings. The molecule has 0 aromatic carbocycles. The zero-order chi connectivity index (χ0) is 17.1. The van der Waals surface area contributed by atoms with Crippen LogP contribution in [0.25, 0.3) is 10.9 Å². The van der Waals surface area contributed by atoms with E-state index in [0.29, 0.717) is 17.9 Å². The SMILES string of the molecule is CCc1ncc([C@H]2CC[C@H](O)CC2)c2nc(N[C@@H](C)CC)ncc12. The van der Waals surface area contributed by atoms with Gasteiger partial charge in [-0.15, -0.1) is 0 Å². The number of aliphatic hydroxyl groups is 1. The lowest BCUT2D eigenvalue weighted by Gasteiger charge is -2.26. The Morgan fingerprint density at radius 1 is 1.17 bits per heavy atom. The van der Waals surface area contributed by atoms with Crippen LogP contribution in [0.2, 0.25) is 0 Å². The van der Waals surface area contributed by atoms with Crippen molar-refractivity contribution in [1.29, 1.82) is 0 Å². The Morgan fingerprint density at radius 3 is 2.58 bits per heavy atom.